The number of aromatic nitrogens is 2. The van der Waals surface area contributed by atoms with Crippen LogP contribution in [0.1, 0.15) is 72.5 Å². The molecule has 0 amide bonds. The predicted octanol–water partition coefficient (Wildman–Crippen LogP) is 2.50. The average molecular weight is 289 g/mol. The third-order valence-electron chi connectivity index (χ3n) is 4.95. The Kier molecular flexibility index (Phi) is 4.19. The van der Waals surface area contributed by atoms with E-state index in [0.717, 1.165) is 42.4 Å². The molecule has 114 valence electrons. The molecular formula is C16H23N3O2. The smallest absolute Gasteiger partial charge is 0.354 e. The molecule has 0 aromatic carbocycles. The number of carbonyl (C=O) groups is 1. The molecule has 5 nitrogen and oxygen atoms in total. The van der Waals surface area contributed by atoms with E-state index in [1.54, 1.807) is 0 Å². The van der Waals surface area contributed by atoms with Crippen LogP contribution < -0.4 is 5.32 Å². The van der Waals surface area contributed by atoms with Gasteiger partial charge in [0.1, 0.15) is 5.82 Å². The van der Waals surface area contributed by atoms with Gasteiger partial charge >= 0.3 is 5.97 Å². The summed E-state index contributed by atoms with van der Waals surface area (Å²) < 4.78 is 0. The molecule has 1 saturated carbocycles. The van der Waals surface area contributed by atoms with E-state index in [0.29, 0.717) is 18.9 Å². The standard InChI is InChI=1S/C16H23N3O2/c1-2-10-3-5-11(6-4-10)15-18-13-9-17-8-7-12(13)14(19-15)16(20)21/h10-11,17H,2-9H2,1H3,(H,20,21). The lowest BCUT2D eigenvalue weighted by molar-refractivity contribution is 0.0687. The van der Waals surface area contributed by atoms with E-state index in [2.05, 4.69) is 17.2 Å². The highest BCUT2D eigenvalue weighted by Crippen LogP contribution is 2.36. The van der Waals surface area contributed by atoms with Crippen molar-refractivity contribution < 1.29 is 9.90 Å². The number of carboxylic acids is 1. The molecule has 1 aliphatic carbocycles. The molecule has 0 atom stereocenters. The van der Waals surface area contributed by atoms with Gasteiger partial charge in [0, 0.05) is 18.0 Å². The molecule has 0 bridgehead atoms. The lowest BCUT2D eigenvalue weighted by atomic mass is 9.80. The van der Waals surface area contributed by atoms with E-state index >= 15 is 0 Å². The Bertz CT molecular complexity index is 537. The maximum atomic E-state index is 11.5. The zero-order valence-electron chi connectivity index (χ0n) is 12.6. The summed E-state index contributed by atoms with van der Waals surface area (Å²) >= 11 is 0. The zero-order chi connectivity index (χ0) is 14.8. The molecule has 5 heteroatoms. The van der Waals surface area contributed by atoms with Crippen molar-refractivity contribution in [2.75, 3.05) is 6.54 Å². The first-order valence-electron chi connectivity index (χ1n) is 8.02. The van der Waals surface area contributed by atoms with E-state index in [-0.39, 0.29) is 5.69 Å². The third-order valence-corrected chi connectivity index (χ3v) is 4.95. The Hall–Kier alpha value is -1.49. The van der Waals surface area contributed by atoms with E-state index in [1.165, 1.54) is 19.3 Å². The molecule has 1 fully saturated rings. The van der Waals surface area contributed by atoms with Crippen molar-refractivity contribution in [2.24, 2.45) is 5.92 Å². The van der Waals surface area contributed by atoms with Crippen LogP contribution in [-0.4, -0.2) is 27.6 Å². The van der Waals surface area contributed by atoms with Gasteiger partial charge < -0.3 is 10.4 Å². The van der Waals surface area contributed by atoms with E-state index in [9.17, 15) is 9.90 Å². The minimum Gasteiger partial charge on any atom is -0.477 e. The minimum atomic E-state index is -0.918. The Morgan fingerprint density at radius 3 is 2.71 bits per heavy atom. The molecule has 0 radical (unpaired) electrons. The van der Waals surface area contributed by atoms with Crippen molar-refractivity contribution in [3.63, 3.8) is 0 Å². The molecule has 2 heterocycles. The first kappa shape index (κ1) is 14.4. The number of rotatable bonds is 3. The second-order valence-electron chi connectivity index (χ2n) is 6.21. The summed E-state index contributed by atoms with van der Waals surface area (Å²) in [6, 6.07) is 0. The van der Waals surface area contributed by atoms with Gasteiger partial charge in [0.2, 0.25) is 0 Å². The van der Waals surface area contributed by atoms with Crippen LogP contribution >= 0.6 is 0 Å². The number of hydrogen-bond acceptors (Lipinski definition) is 4. The van der Waals surface area contributed by atoms with Crippen molar-refractivity contribution >= 4 is 5.97 Å². The fourth-order valence-electron chi connectivity index (χ4n) is 3.57. The molecule has 1 aromatic heterocycles. The van der Waals surface area contributed by atoms with E-state index in [4.69, 9.17) is 4.98 Å². The Labute approximate surface area is 125 Å². The summed E-state index contributed by atoms with van der Waals surface area (Å²) in [4.78, 5) is 20.6. The van der Waals surface area contributed by atoms with Crippen LogP contribution in [0.15, 0.2) is 0 Å². The number of nitrogens with zero attached hydrogens (tertiary/aromatic N) is 2. The maximum absolute atomic E-state index is 11.5. The Morgan fingerprint density at radius 2 is 2.05 bits per heavy atom. The van der Waals surface area contributed by atoms with Gasteiger partial charge in [0.15, 0.2) is 5.69 Å². The third kappa shape index (κ3) is 2.93. The number of carboxylic acid groups (broad SMARTS) is 1. The highest BCUT2D eigenvalue weighted by atomic mass is 16.4. The second kappa shape index (κ2) is 6.10. The van der Waals surface area contributed by atoms with Gasteiger partial charge in [-0.15, -0.1) is 0 Å². The number of fused-ring (bicyclic) bond motifs is 1. The Balaban J connectivity index is 1.89. The summed E-state index contributed by atoms with van der Waals surface area (Å²) in [6.45, 7) is 3.71. The van der Waals surface area contributed by atoms with Gasteiger partial charge in [-0.05, 0) is 44.6 Å². The van der Waals surface area contributed by atoms with Crippen LogP contribution in [0.5, 0.6) is 0 Å². The molecule has 1 aromatic rings. The molecule has 2 N–H and O–H groups in total. The molecule has 1 aliphatic heterocycles. The SMILES string of the molecule is CCC1CCC(c2nc3c(c(C(=O)O)n2)CCNC3)CC1. The molecule has 21 heavy (non-hydrogen) atoms. The number of nitrogens with one attached hydrogen (secondary N) is 1. The first-order valence-corrected chi connectivity index (χ1v) is 8.02. The normalized spacial score (nSPS) is 25.4. The summed E-state index contributed by atoms with van der Waals surface area (Å²) in [5.41, 5.74) is 1.95. The van der Waals surface area contributed by atoms with Gasteiger partial charge in [0.05, 0.1) is 5.69 Å². The van der Waals surface area contributed by atoms with Crippen LogP contribution in [0.4, 0.5) is 0 Å². The average Bonchev–Trinajstić information content (AvgIpc) is 2.53. The van der Waals surface area contributed by atoms with E-state index < -0.39 is 5.97 Å². The minimum absolute atomic E-state index is 0.231. The highest BCUT2D eigenvalue weighted by Gasteiger charge is 2.27. The quantitative estimate of drug-likeness (QED) is 0.894. The molecule has 3 rings (SSSR count). The van der Waals surface area contributed by atoms with Crippen LogP contribution in [0, 0.1) is 5.92 Å². The lowest BCUT2D eigenvalue weighted by Gasteiger charge is -2.28. The van der Waals surface area contributed by atoms with Crippen LogP contribution in [0.25, 0.3) is 0 Å². The van der Waals surface area contributed by atoms with E-state index in [1.807, 2.05) is 0 Å². The maximum Gasteiger partial charge on any atom is 0.354 e. The summed E-state index contributed by atoms with van der Waals surface area (Å²) in [5.74, 6) is 0.987. The molecule has 0 spiro atoms. The molecular weight excluding hydrogens is 266 g/mol. The lowest BCUT2D eigenvalue weighted by Crippen LogP contribution is -2.29. The largest absolute Gasteiger partial charge is 0.477 e. The zero-order valence-corrected chi connectivity index (χ0v) is 12.6. The monoisotopic (exact) mass is 289 g/mol. The van der Waals surface area contributed by atoms with Gasteiger partial charge in [-0.1, -0.05) is 13.3 Å². The molecule has 2 aliphatic rings. The topological polar surface area (TPSA) is 75.1 Å². The number of hydrogen-bond donors (Lipinski definition) is 2. The fraction of sp³-hybridized carbons (Fsp3) is 0.688. The van der Waals surface area contributed by atoms with Crippen molar-refractivity contribution in [3.8, 4) is 0 Å². The van der Waals surface area contributed by atoms with Crippen molar-refractivity contribution in [1.82, 2.24) is 15.3 Å². The van der Waals surface area contributed by atoms with Crippen molar-refractivity contribution in [2.45, 2.75) is 57.9 Å². The number of aromatic carboxylic acids is 1. The second-order valence-corrected chi connectivity index (χ2v) is 6.21. The van der Waals surface area contributed by atoms with Gasteiger partial charge in [-0.25, -0.2) is 14.8 Å². The molecule has 0 unspecified atom stereocenters. The summed E-state index contributed by atoms with van der Waals surface area (Å²) in [7, 11) is 0. The Morgan fingerprint density at radius 1 is 1.29 bits per heavy atom. The van der Waals surface area contributed by atoms with Crippen molar-refractivity contribution in [3.05, 3.63) is 22.8 Å². The van der Waals surface area contributed by atoms with Gasteiger partial charge in [0.25, 0.3) is 0 Å². The summed E-state index contributed by atoms with van der Waals surface area (Å²) in [6.07, 6.45) is 6.54. The molecule has 0 saturated heterocycles. The van der Waals surface area contributed by atoms with Gasteiger partial charge in [-0.3, -0.25) is 0 Å². The predicted molar refractivity (Wildman–Crippen MR) is 79.4 cm³/mol. The van der Waals surface area contributed by atoms with Crippen molar-refractivity contribution in [1.29, 1.82) is 0 Å². The summed E-state index contributed by atoms with van der Waals surface area (Å²) in [5, 5.41) is 12.7. The van der Waals surface area contributed by atoms with Crippen LogP contribution in [-0.2, 0) is 13.0 Å². The fourth-order valence-corrected chi connectivity index (χ4v) is 3.57. The van der Waals surface area contributed by atoms with Gasteiger partial charge in [-0.2, -0.15) is 0 Å². The van der Waals surface area contributed by atoms with Crippen LogP contribution in [0.3, 0.4) is 0 Å². The van der Waals surface area contributed by atoms with Crippen LogP contribution in [0.2, 0.25) is 0 Å². The first-order chi connectivity index (χ1) is 10.2. The highest BCUT2D eigenvalue weighted by molar-refractivity contribution is 5.87.